The van der Waals surface area contributed by atoms with E-state index in [0.717, 1.165) is 15.8 Å². The van der Waals surface area contributed by atoms with E-state index in [4.69, 9.17) is 4.42 Å². The SMILES string of the molecule is Cc1ccc(CN(Cc2ccco2)C(=O)c2ccccc2Br)cc1. The fraction of sp³-hybridized carbons (Fsp3) is 0.150. The highest BCUT2D eigenvalue weighted by Gasteiger charge is 2.19. The van der Waals surface area contributed by atoms with E-state index < -0.39 is 0 Å². The number of aryl methyl sites for hydroxylation is 1. The van der Waals surface area contributed by atoms with Gasteiger partial charge in [0.1, 0.15) is 5.76 Å². The third-order valence-electron chi connectivity index (χ3n) is 3.81. The minimum absolute atomic E-state index is 0.0283. The summed E-state index contributed by atoms with van der Waals surface area (Å²) in [4.78, 5) is 14.8. The Morgan fingerprint density at radius 3 is 2.42 bits per heavy atom. The summed E-state index contributed by atoms with van der Waals surface area (Å²) in [6.45, 7) is 3.01. The van der Waals surface area contributed by atoms with Crippen LogP contribution in [0, 0.1) is 6.92 Å². The van der Waals surface area contributed by atoms with Crippen LogP contribution in [0.1, 0.15) is 27.2 Å². The van der Waals surface area contributed by atoms with Crippen molar-refractivity contribution >= 4 is 21.8 Å². The maximum atomic E-state index is 13.0. The molecule has 24 heavy (non-hydrogen) atoms. The van der Waals surface area contributed by atoms with Crippen LogP contribution in [-0.2, 0) is 13.1 Å². The molecule has 0 atom stereocenters. The Morgan fingerprint density at radius 2 is 1.75 bits per heavy atom. The van der Waals surface area contributed by atoms with E-state index in [0.29, 0.717) is 18.7 Å². The van der Waals surface area contributed by atoms with Gasteiger partial charge in [0.05, 0.1) is 18.4 Å². The standard InChI is InChI=1S/C20H18BrNO2/c1-15-8-10-16(11-9-15)13-22(14-17-5-4-12-24-17)20(23)18-6-2-3-7-19(18)21/h2-12H,13-14H2,1H3. The Morgan fingerprint density at radius 1 is 1.00 bits per heavy atom. The quantitative estimate of drug-likeness (QED) is 0.606. The van der Waals surface area contributed by atoms with Crippen LogP contribution < -0.4 is 0 Å². The predicted octanol–water partition coefficient (Wildman–Crippen LogP) is 5.19. The molecule has 0 aliphatic heterocycles. The molecule has 0 aliphatic rings. The Balaban J connectivity index is 1.87. The second-order valence-corrected chi connectivity index (χ2v) is 6.56. The first kappa shape index (κ1) is 16.5. The molecule has 2 aromatic carbocycles. The maximum Gasteiger partial charge on any atom is 0.255 e. The summed E-state index contributed by atoms with van der Waals surface area (Å²) in [7, 11) is 0. The summed E-state index contributed by atoms with van der Waals surface area (Å²) in [6.07, 6.45) is 1.63. The molecule has 0 spiro atoms. The van der Waals surface area contributed by atoms with Crippen LogP contribution in [0.3, 0.4) is 0 Å². The van der Waals surface area contributed by atoms with Crippen LogP contribution >= 0.6 is 15.9 Å². The van der Waals surface area contributed by atoms with Crippen molar-refractivity contribution in [2.24, 2.45) is 0 Å². The van der Waals surface area contributed by atoms with Crippen molar-refractivity contribution in [2.45, 2.75) is 20.0 Å². The van der Waals surface area contributed by atoms with Gasteiger partial charge in [0, 0.05) is 11.0 Å². The molecule has 0 bridgehead atoms. The zero-order chi connectivity index (χ0) is 16.9. The van der Waals surface area contributed by atoms with Gasteiger partial charge in [0.15, 0.2) is 0 Å². The first-order valence-corrected chi connectivity index (χ1v) is 8.54. The molecule has 0 saturated heterocycles. The number of amides is 1. The molecule has 3 aromatic rings. The summed E-state index contributed by atoms with van der Waals surface area (Å²) in [6, 6.07) is 19.4. The van der Waals surface area contributed by atoms with Crippen molar-refractivity contribution in [1.29, 1.82) is 0 Å². The fourth-order valence-electron chi connectivity index (χ4n) is 2.51. The van der Waals surface area contributed by atoms with Gasteiger partial charge < -0.3 is 9.32 Å². The number of benzene rings is 2. The summed E-state index contributed by atoms with van der Waals surface area (Å²) >= 11 is 3.47. The van der Waals surface area contributed by atoms with Gasteiger partial charge in [-0.25, -0.2) is 0 Å². The molecule has 1 aromatic heterocycles. The molecule has 1 amide bonds. The first-order chi connectivity index (χ1) is 11.6. The number of nitrogens with zero attached hydrogens (tertiary/aromatic N) is 1. The number of furan rings is 1. The number of hydrogen-bond donors (Lipinski definition) is 0. The highest BCUT2D eigenvalue weighted by atomic mass is 79.9. The molecule has 1 heterocycles. The van der Waals surface area contributed by atoms with Gasteiger partial charge in [-0.2, -0.15) is 0 Å². The number of halogens is 1. The van der Waals surface area contributed by atoms with Crippen molar-refractivity contribution in [2.75, 3.05) is 0 Å². The molecule has 0 unspecified atom stereocenters. The lowest BCUT2D eigenvalue weighted by Gasteiger charge is -2.22. The van der Waals surface area contributed by atoms with Gasteiger partial charge in [-0.15, -0.1) is 0 Å². The molecule has 0 saturated carbocycles. The second kappa shape index (κ2) is 7.49. The van der Waals surface area contributed by atoms with Gasteiger partial charge in [-0.05, 0) is 52.7 Å². The average Bonchev–Trinajstić information content (AvgIpc) is 3.09. The molecule has 4 heteroatoms. The molecule has 3 nitrogen and oxygen atoms in total. The van der Waals surface area contributed by atoms with Crippen LogP contribution in [0.5, 0.6) is 0 Å². The van der Waals surface area contributed by atoms with E-state index in [1.165, 1.54) is 5.56 Å². The first-order valence-electron chi connectivity index (χ1n) is 7.75. The van der Waals surface area contributed by atoms with Gasteiger partial charge in [-0.3, -0.25) is 4.79 Å². The van der Waals surface area contributed by atoms with E-state index >= 15 is 0 Å². The minimum atomic E-state index is -0.0283. The van der Waals surface area contributed by atoms with Crippen molar-refractivity contribution in [3.63, 3.8) is 0 Å². The van der Waals surface area contributed by atoms with E-state index in [1.54, 1.807) is 11.2 Å². The third kappa shape index (κ3) is 3.95. The molecule has 0 radical (unpaired) electrons. The van der Waals surface area contributed by atoms with E-state index in [2.05, 4.69) is 47.1 Å². The van der Waals surface area contributed by atoms with Crippen LogP contribution in [0.2, 0.25) is 0 Å². The molecule has 0 N–H and O–H groups in total. The van der Waals surface area contributed by atoms with Crippen molar-refractivity contribution in [3.05, 3.63) is 93.9 Å². The lowest BCUT2D eigenvalue weighted by atomic mass is 10.1. The Hall–Kier alpha value is -2.33. The number of rotatable bonds is 5. The lowest BCUT2D eigenvalue weighted by Crippen LogP contribution is -2.30. The third-order valence-corrected chi connectivity index (χ3v) is 4.50. The smallest absolute Gasteiger partial charge is 0.255 e. The summed E-state index contributed by atoms with van der Waals surface area (Å²) in [5, 5.41) is 0. The van der Waals surface area contributed by atoms with Crippen LogP contribution in [0.25, 0.3) is 0 Å². The van der Waals surface area contributed by atoms with Crippen LogP contribution in [0.15, 0.2) is 75.8 Å². The van der Waals surface area contributed by atoms with Gasteiger partial charge in [0.25, 0.3) is 5.91 Å². The molecular formula is C20H18BrNO2. The summed E-state index contributed by atoms with van der Waals surface area (Å²) in [5.41, 5.74) is 2.94. The van der Waals surface area contributed by atoms with Crippen LogP contribution in [0.4, 0.5) is 0 Å². The largest absolute Gasteiger partial charge is 0.467 e. The van der Waals surface area contributed by atoms with E-state index in [1.807, 2.05) is 36.4 Å². The Bertz CT molecular complexity index is 810. The maximum absolute atomic E-state index is 13.0. The monoisotopic (exact) mass is 383 g/mol. The summed E-state index contributed by atoms with van der Waals surface area (Å²) in [5.74, 6) is 0.738. The Kier molecular flexibility index (Phi) is 5.16. The molecule has 0 fully saturated rings. The van der Waals surface area contributed by atoms with Crippen LogP contribution in [-0.4, -0.2) is 10.8 Å². The minimum Gasteiger partial charge on any atom is -0.467 e. The molecule has 3 rings (SSSR count). The topological polar surface area (TPSA) is 33.5 Å². The number of carbonyl (C=O) groups is 1. The number of carbonyl (C=O) groups excluding carboxylic acids is 1. The van der Waals surface area contributed by atoms with Gasteiger partial charge in [-0.1, -0.05) is 42.0 Å². The van der Waals surface area contributed by atoms with Gasteiger partial charge >= 0.3 is 0 Å². The van der Waals surface area contributed by atoms with E-state index in [-0.39, 0.29) is 5.91 Å². The van der Waals surface area contributed by atoms with Crippen molar-refractivity contribution < 1.29 is 9.21 Å². The van der Waals surface area contributed by atoms with E-state index in [9.17, 15) is 4.79 Å². The molecule has 0 aliphatic carbocycles. The number of hydrogen-bond acceptors (Lipinski definition) is 2. The van der Waals surface area contributed by atoms with Crippen molar-refractivity contribution in [3.8, 4) is 0 Å². The second-order valence-electron chi connectivity index (χ2n) is 5.71. The fourth-order valence-corrected chi connectivity index (χ4v) is 2.96. The van der Waals surface area contributed by atoms with Gasteiger partial charge in [0.2, 0.25) is 0 Å². The average molecular weight is 384 g/mol. The Labute approximate surface area is 150 Å². The zero-order valence-electron chi connectivity index (χ0n) is 13.4. The lowest BCUT2D eigenvalue weighted by molar-refractivity contribution is 0.0717. The van der Waals surface area contributed by atoms with Crippen molar-refractivity contribution in [1.82, 2.24) is 4.90 Å². The molecule has 122 valence electrons. The zero-order valence-corrected chi connectivity index (χ0v) is 15.0. The highest BCUT2D eigenvalue weighted by Crippen LogP contribution is 2.21. The highest BCUT2D eigenvalue weighted by molar-refractivity contribution is 9.10. The predicted molar refractivity (Wildman–Crippen MR) is 97.6 cm³/mol. The normalized spacial score (nSPS) is 10.6. The molecular weight excluding hydrogens is 366 g/mol. The summed E-state index contributed by atoms with van der Waals surface area (Å²) < 4.78 is 6.23.